The number of carbonyl (C=O) groups is 1. The van der Waals surface area contributed by atoms with Crippen LogP contribution in [0, 0.1) is 5.82 Å². The quantitative estimate of drug-likeness (QED) is 0.701. The molecule has 26 heavy (non-hydrogen) atoms. The summed E-state index contributed by atoms with van der Waals surface area (Å²) >= 11 is 5.81. The number of aromatic nitrogens is 3. The minimum Gasteiger partial charge on any atom is -0.338 e. The van der Waals surface area contributed by atoms with Gasteiger partial charge in [0.25, 0.3) is 5.91 Å². The molecule has 3 heterocycles. The largest absolute Gasteiger partial charge is 0.338 e. The first-order chi connectivity index (χ1) is 12.6. The third kappa shape index (κ3) is 2.84. The summed E-state index contributed by atoms with van der Waals surface area (Å²) in [5, 5.41) is -0.0366. The Labute approximate surface area is 155 Å². The molecular formula is C19H18ClFN4O. The number of nitrogens with zero attached hydrogens (tertiary/aromatic N) is 4. The van der Waals surface area contributed by atoms with E-state index < -0.39 is 5.82 Å². The average Bonchev–Trinajstić information content (AvgIpc) is 3.27. The first-order valence-corrected chi connectivity index (χ1v) is 9.01. The van der Waals surface area contributed by atoms with Crippen LogP contribution in [-0.2, 0) is 6.54 Å². The Kier molecular flexibility index (Phi) is 4.36. The highest BCUT2D eigenvalue weighted by Gasteiger charge is 2.31. The fourth-order valence-corrected chi connectivity index (χ4v) is 3.75. The topological polar surface area (TPSA) is 51.0 Å². The van der Waals surface area contributed by atoms with Crippen molar-refractivity contribution in [1.29, 1.82) is 0 Å². The number of amides is 1. The zero-order valence-corrected chi connectivity index (χ0v) is 15.1. The first kappa shape index (κ1) is 17.0. The summed E-state index contributed by atoms with van der Waals surface area (Å²) in [6.07, 6.45) is 2.60. The third-order valence-corrected chi connectivity index (χ3v) is 5.15. The fraction of sp³-hybridized carbons (Fsp3) is 0.316. The van der Waals surface area contributed by atoms with Crippen molar-refractivity contribution in [2.45, 2.75) is 25.8 Å². The van der Waals surface area contributed by atoms with E-state index in [2.05, 4.69) is 16.5 Å². The van der Waals surface area contributed by atoms with Crippen LogP contribution in [0.4, 0.5) is 4.39 Å². The highest BCUT2D eigenvalue weighted by Crippen LogP contribution is 2.30. The zero-order chi connectivity index (χ0) is 18.3. The Morgan fingerprint density at radius 1 is 1.38 bits per heavy atom. The van der Waals surface area contributed by atoms with Crippen molar-refractivity contribution in [1.82, 2.24) is 19.4 Å². The second kappa shape index (κ2) is 6.68. The van der Waals surface area contributed by atoms with E-state index >= 15 is 0 Å². The lowest BCUT2D eigenvalue weighted by atomic mass is 10.1. The maximum atomic E-state index is 13.3. The van der Waals surface area contributed by atoms with Gasteiger partial charge in [0.05, 0.1) is 5.02 Å². The molecule has 0 unspecified atom stereocenters. The van der Waals surface area contributed by atoms with E-state index in [0.29, 0.717) is 18.7 Å². The first-order valence-electron chi connectivity index (χ1n) is 8.64. The second-order valence-electron chi connectivity index (χ2n) is 6.43. The van der Waals surface area contributed by atoms with Gasteiger partial charge in [0.2, 0.25) is 0 Å². The molecule has 0 spiro atoms. The highest BCUT2D eigenvalue weighted by atomic mass is 35.5. The summed E-state index contributed by atoms with van der Waals surface area (Å²) in [5.41, 5.74) is 2.15. The van der Waals surface area contributed by atoms with Crippen LogP contribution in [-0.4, -0.2) is 38.4 Å². The van der Waals surface area contributed by atoms with Gasteiger partial charge in [-0.1, -0.05) is 11.6 Å². The third-order valence-electron chi connectivity index (χ3n) is 4.86. The van der Waals surface area contributed by atoms with Crippen molar-refractivity contribution in [3.63, 3.8) is 0 Å². The lowest BCUT2D eigenvalue weighted by molar-refractivity contribution is 0.0790. The number of hydrogen-bond acceptors (Lipinski definition) is 3. The van der Waals surface area contributed by atoms with Crippen molar-refractivity contribution < 1.29 is 9.18 Å². The van der Waals surface area contributed by atoms with Crippen LogP contribution in [0.25, 0.3) is 11.2 Å². The maximum absolute atomic E-state index is 13.3. The SMILES string of the molecule is CCn1c([C@@H]2CCN(C(=O)c3ccc(F)c(Cl)c3)C2)nc2cccnc21. The van der Waals surface area contributed by atoms with Gasteiger partial charge in [0.15, 0.2) is 5.65 Å². The highest BCUT2D eigenvalue weighted by molar-refractivity contribution is 6.31. The number of pyridine rings is 1. The van der Waals surface area contributed by atoms with Gasteiger partial charge >= 0.3 is 0 Å². The van der Waals surface area contributed by atoms with Crippen LogP contribution in [0.15, 0.2) is 36.5 Å². The molecule has 0 aliphatic carbocycles. The summed E-state index contributed by atoms with van der Waals surface area (Å²) in [7, 11) is 0. The molecule has 1 aromatic carbocycles. The molecule has 1 aliphatic heterocycles. The van der Waals surface area contributed by atoms with Crippen LogP contribution in [0.3, 0.4) is 0 Å². The monoisotopic (exact) mass is 372 g/mol. The van der Waals surface area contributed by atoms with Crippen LogP contribution in [0.5, 0.6) is 0 Å². The minimum absolute atomic E-state index is 0.0366. The van der Waals surface area contributed by atoms with Gasteiger partial charge in [0, 0.05) is 37.3 Å². The number of carbonyl (C=O) groups excluding carboxylic acids is 1. The van der Waals surface area contributed by atoms with Gasteiger partial charge in [-0.2, -0.15) is 0 Å². The molecule has 1 atom stereocenters. The molecule has 2 aromatic heterocycles. The number of likely N-dealkylation sites (tertiary alicyclic amines) is 1. The van der Waals surface area contributed by atoms with E-state index in [1.54, 1.807) is 11.1 Å². The Balaban J connectivity index is 1.59. The summed E-state index contributed by atoms with van der Waals surface area (Å²) in [5.74, 6) is 0.469. The smallest absolute Gasteiger partial charge is 0.253 e. The lowest BCUT2D eigenvalue weighted by Gasteiger charge is -2.17. The van der Waals surface area contributed by atoms with Gasteiger partial charge < -0.3 is 9.47 Å². The molecule has 5 nitrogen and oxygen atoms in total. The molecule has 0 N–H and O–H groups in total. The molecule has 1 amide bonds. The van der Waals surface area contributed by atoms with Crippen LogP contribution >= 0.6 is 11.6 Å². The van der Waals surface area contributed by atoms with E-state index in [-0.39, 0.29) is 16.8 Å². The van der Waals surface area contributed by atoms with Crippen LogP contribution < -0.4 is 0 Å². The molecule has 1 saturated heterocycles. The Morgan fingerprint density at radius 3 is 3.00 bits per heavy atom. The molecule has 3 aromatic rings. The van der Waals surface area contributed by atoms with Crippen molar-refractivity contribution in [3.05, 3.63) is 58.8 Å². The van der Waals surface area contributed by atoms with Gasteiger partial charge in [-0.05, 0) is 43.7 Å². The van der Waals surface area contributed by atoms with Crippen molar-refractivity contribution in [2.75, 3.05) is 13.1 Å². The summed E-state index contributed by atoms with van der Waals surface area (Å²) < 4.78 is 15.4. The van der Waals surface area contributed by atoms with E-state index in [4.69, 9.17) is 16.6 Å². The fourth-order valence-electron chi connectivity index (χ4n) is 3.57. The van der Waals surface area contributed by atoms with E-state index in [0.717, 1.165) is 30.0 Å². The molecule has 1 aliphatic rings. The molecule has 1 fully saturated rings. The molecule has 4 rings (SSSR count). The average molecular weight is 373 g/mol. The molecule has 134 valence electrons. The van der Waals surface area contributed by atoms with Crippen molar-refractivity contribution in [3.8, 4) is 0 Å². The Morgan fingerprint density at radius 2 is 2.23 bits per heavy atom. The summed E-state index contributed by atoms with van der Waals surface area (Å²) in [6, 6.07) is 7.92. The number of fused-ring (bicyclic) bond motifs is 1. The standard InChI is InChI=1S/C19H18ClFN4O/c1-2-25-17(23-16-4-3-8-22-18(16)25)13-7-9-24(11-13)19(26)12-5-6-15(21)14(20)10-12/h3-6,8,10,13H,2,7,9,11H2,1H3/t13-/m1/s1. The van der Waals surface area contributed by atoms with Crippen LogP contribution in [0.1, 0.15) is 35.4 Å². The number of imidazole rings is 1. The van der Waals surface area contributed by atoms with Gasteiger partial charge in [-0.15, -0.1) is 0 Å². The summed E-state index contributed by atoms with van der Waals surface area (Å²) in [4.78, 5) is 23.7. The summed E-state index contributed by atoms with van der Waals surface area (Å²) in [6.45, 7) is 4.06. The maximum Gasteiger partial charge on any atom is 0.253 e. The van der Waals surface area contributed by atoms with Crippen molar-refractivity contribution in [2.24, 2.45) is 0 Å². The normalized spacial score (nSPS) is 17.2. The number of benzene rings is 1. The number of halogens is 2. The predicted octanol–water partition coefficient (Wildman–Crippen LogP) is 3.87. The number of rotatable bonds is 3. The minimum atomic E-state index is -0.522. The van der Waals surface area contributed by atoms with E-state index in [1.807, 2.05) is 12.1 Å². The number of aryl methyl sites for hydroxylation is 1. The Hall–Kier alpha value is -2.47. The molecule has 0 bridgehead atoms. The molecule has 0 radical (unpaired) electrons. The van der Waals surface area contributed by atoms with Gasteiger partial charge in [0.1, 0.15) is 17.2 Å². The van der Waals surface area contributed by atoms with E-state index in [1.165, 1.54) is 18.2 Å². The van der Waals surface area contributed by atoms with Crippen molar-refractivity contribution >= 4 is 28.7 Å². The molecule has 7 heteroatoms. The second-order valence-corrected chi connectivity index (χ2v) is 6.83. The Bertz CT molecular complexity index is 987. The van der Waals surface area contributed by atoms with Gasteiger partial charge in [-0.25, -0.2) is 14.4 Å². The lowest BCUT2D eigenvalue weighted by Crippen LogP contribution is -2.28. The zero-order valence-electron chi connectivity index (χ0n) is 14.3. The number of hydrogen-bond donors (Lipinski definition) is 0. The molecule has 0 saturated carbocycles. The van der Waals surface area contributed by atoms with Gasteiger partial charge in [-0.3, -0.25) is 4.79 Å². The van der Waals surface area contributed by atoms with E-state index in [9.17, 15) is 9.18 Å². The molecular weight excluding hydrogens is 355 g/mol. The van der Waals surface area contributed by atoms with Crippen LogP contribution in [0.2, 0.25) is 5.02 Å². The predicted molar refractivity (Wildman–Crippen MR) is 97.9 cm³/mol.